The van der Waals surface area contributed by atoms with Crippen molar-refractivity contribution in [2.75, 3.05) is 74.8 Å². The van der Waals surface area contributed by atoms with Crippen LogP contribution in [-0.4, -0.2) is 79.6 Å². The predicted octanol–water partition coefficient (Wildman–Crippen LogP) is 1.21. The first-order valence-electron chi connectivity index (χ1n) is 9.65. The molecule has 0 unspecified atom stereocenters. The number of morpholine rings is 2. The molecule has 2 fully saturated rings. The van der Waals surface area contributed by atoms with Crippen LogP contribution in [0.3, 0.4) is 0 Å². The summed E-state index contributed by atoms with van der Waals surface area (Å²) in [5, 5.41) is 14.5. The van der Waals surface area contributed by atoms with Gasteiger partial charge in [-0.1, -0.05) is 0 Å². The lowest BCUT2D eigenvalue weighted by Gasteiger charge is -2.30. The maximum Gasteiger partial charge on any atom is 0.296 e. The van der Waals surface area contributed by atoms with E-state index in [1.807, 2.05) is 9.80 Å². The zero-order chi connectivity index (χ0) is 20.9. The van der Waals surface area contributed by atoms with Gasteiger partial charge in [-0.05, 0) is 12.1 Å². The molecule has 3 heterocycles. The number of aromatic nitrogens is 3. The number of methoxy groups -OCH3 is 1. The van der Waals surface area contributed by atoms with Crippen molar-refractivity contribution in [2.24, 2.45) is 0 Å². The highest BCUT2D eigenvalue weighted by atomic mass is 16.6. The Balaban J connectivity index is 1.68. The van der Waals surface area contributed by atoms with E-state index in [0.29, 0.717) is 70.3 Å². The van der Waals surface area contributed by atoms with Gasteiger partial charge < -0.3 is 29.3 Å². The van der Waals surface area contributed by atoms with E-state index in [1.165, 1.54) is 13.2 Å². The van der Waals surface area contributed by atoms with Gasteiger partial charge in [-0.25, -0.2) is 0 Å². The van der Waals surface area contributed by atoms with E-state index in [-0.39, 0.29) is 17.3 Å². The molecule has 2 aromatic rings. The van der Waals surface area contributed by atoms with Crippen LogP contribution >= 0.6 is 0 Å². The molecule has 12 nitrogen and oxygen atoms in total. The van der Waals surface area contributed by atoms with Gasteiger partial charge in [0.05, 0.1) is 44.5 Å². The van der Waals surface area contributed by atoms with E-state index in [1.54, 1.807) is 12.1 Å². The van der Waals surface area contributed by atoms with Gasteiger partial charge in [0.15, 0.2) is 0 Å². The maximum absolute atomic E-state index is 11.5. The summed E-state index contributed by atoms with van der Waals surface area (Å²) in [4.78, 5) is 28.7. The molecular weight excluding hydrogens is 394 g/mol. The molecule has 0 amide bonds. The fraction of sp³-hybridized carbons (Fsp3) is 0.500. The number of nitro benzene ring substituents is 1. The van der Waals surface area contributed by atoms with Gasteiger partial charge in [0, 0.05) is 26.2 Å². The van der Waals surface area contributed by atoms with Crippen LogP contribution in [0.4, 0.5) is 29.2 Å². The topological polar surface area (TPSA) is 128 Å². The third-order valence-electron chi connectivity index (χ3n) is 4.85. The molecule has 1 N–H and O–H groups in total. The van der Waals surface area contributed by atoms with Crippen LogP contribution in [0.15, 0.2) is 18.2 Å². The van der Waals surface area contributed by atoms with E-state index in [9.17, 15) is 10.1 Å². The zero-order valence-corrected chi connectivity index (χ0v) is 16.6. The number of hydrogen-bond donors (Lipinski definition) is 1. The normalized spacial score (nSPS) is 17.0. The van der Waals surface area contributed by atoms with Crippen LogP contribution in [0.1, 0.15) is 0 Å². The molecule has 1 aromatic carbocycles. The van der Waals surface area contributed by atoms with Gasteiger partial charge in [-0.2, -0.15) is 15.0 Å². The van der Waals surface area contributed by atoms with Crippen LogP contribution in [-0.2, 0) is 9.47 Å². The first-order chi connectivity index (χ1) is 14.6. The van der Waals surface area contributed by atoms with Crippen LogP contribution in [0.2, 0.25) is 0 Å². The van der Waals surface area contributed by atoms with Gasteiger partial charge in [0.25, 0.3) is 5.69 Å². The highest BCUT2D eigenvalue weighted by Crippen LogP contribution is 2.31. The number of nitrogens with one attached hydrogen (secondary N) is 1. The zero-order valence-electron chi connectivity index (χ0n) is 16.6. The third-order valence-corrected chi connectivity index (χ3v) is 4.85. The largest absolute Gasteiger partial charge is 0.496 e. The van der Waals surface area contributed by atoms with Crippen LogP contribution in [0.5, 0.6) is 5.75 Å². The predicted molar refractivity (Wildman–Crippen MR) is 109 cm³/mol. The summed E-state index contributed by atoms with van der Waals surface area (Å²) >= 11 is 0. The average molecular weight is 417 g/mol. The minimum atomic E-state index is -0.474. The van der Waals surface area contributed by atoms with E-state index in [4.69, 9.17) is 14.2 Å². The number of rotatable bonds is 6. The summed E-state index contributed by atoms with van der Waals surface area (Å²) in [6.07, 6.45) is 0. The molecule has 2 saturated heterocycles. The Morgan fingerprint density at radius 1 is 1.00 bits per heavy atom. The van der Waals surface area contributed by atoms with Crippen molar-refractivity contribution in [1.82, 2.24) is 15.0 Å². The number of nitro groups is 1. The molecule has 4 rings (SSSR count). The van der Waals surface area contributed by atoms with Crippen molar-refractivity contribution in [2.45, 2.75) is 0 Å². The van der Waals surface area contributed by atoms with Gasteiger partial charge in [-0.3, -0.25) is 10.1 Å². The van der Waals surface area contributed by atoms with Crippen LogP contribution in [0, 0.1) is 10.1 Å². The molecule has 0 radical (unpaired) electrons. The number of benzene rings is 1. The summed E-state index contributed by atoms with van der Waals surface area (Å²) in [5.41, 5.74) is 0.142. The second-order valence-electron chi connectivity index (χ2n) is 6.72. The Morgan fingerprint density at radius 2 is 1.57 bits per heavy atom. The molecule has 2 aliphatic rings. The van der Waals surface area contributed by atoms with E-state index < -0.39 is 4.92 Å². The lowest BCUT2D eigenvalue weighted by molar-refractivity contribution is -0.384. The van der Waals surface area contributed by atoms with Gasteiger partial charge >= 0.3 is 0 Å². The molecule has 0 aliphatic carbocycles. The molecule has 12 heteroatoms. The number of nitrogens with zero attached hydrogens (tertiary/aromatic N) is 6. The highest BCUT2D eigenvalue weighted by Gasteiger charge is 2.22. The third kappa shape index (κ3) is 4.49. The standard InChI is InChI=1S/C18H23N7O5/c1-28-13-2-3-14(15(12-13)25(26)27)19-16-20-17(23-4-8-29-9-5-23)22-18(21-16)24-6-10-30-11-7-24/h2-3,12H,4-11H2,1H3,(H,19,20,21,22). The Hall–Kier alpha value is -3.25. The second kappa shape index (κ2) is 9.05. The van der Waals surface area contributed by atoms with Crippen LogP contribution in [0.25, 0.3) is 0 Å². The quantitative estimate of drug-likeness (QED) is 0.538. The maximum atomic E-state index is 11.5. The second-order valence-corrected chi connectivity index (χ2v) is 6.72. The molecule has 160 valence electrons. The van der Waals surface area contributed by atoms with Crippen molar-refractivity contribution in [3.8, 4) is 5.75 Å². The molecule has 0 spiro atoms. The van der Waals surface area contributed by atoms with Gasteiger partial charge in [0.1, 0.15) is 11.4 Å². The molecule has 30 heavy (non-hydrogen) atoms. The SMILES string of the molecule is COc1ccc(Nc2nc(N3CCOCC3)nc(N3CCOCC3)n2)c([N+](=O)[O-])c1. The lowest BCUT2D eigenvalue weighted by atomic mass is 10.2. The monoisotopic (exact) mass is 417 g/mol. The fourth-order valence-corrected chi connectivity index (χ4v) is 3.23. The van der Waals surface area contributed by atoms with Crippen molar-refractivity contribution in [3.05, 3.63) is 28.3 Å². The first-order valence-corrected chi connectivity index (χ1v) is 9.65. The molecular formula is C18H23N7O5. The number of ether oxygens (including phenoxy) is 3. The van der Waals surface area contributed by atoms with Gasteiger partial charge in [-0.15, -0.1) is 0 Å². The Kier molecular flexibility index (Phi) is 6.05. The summed E-state index contributed by atoms with van der Waals surface area (Å²) < 4.78 is 15.9. The van der Waals surface area contributed by atoms with Crippen molar-refractivity contribution >= 4 is 29.2 Å². The number of anilines is 4. The van der Waals surface area contributed by atoms with E-state index in [2.05, 4.69) is 20.3 Å². The van der Waals surface area contributed by atoms with Crippen molar-refractivity contribution in [3.63, 3.8) is 0 Å². The Morgan fingerprint density at radius 3 is 2.07 bits per heavy atom. The molecule has 0 bridgehead atoms. The molecule has 1 aromatic heterocycles. The van der Waals surface area contributed by atoms with Crippen molar-refractivity contribution in [1.29, 1.82) is 0 Å². The number of hydrogen-bond acceptors (Lipinski definition) is 11. The van der Waals surface area contributed by atoms with Crippen molar-refractivity contribution < 1.29 is 19.1 Å². The van der Waals surface area contributed by atoms with E-state index >= 15 is 0 Å². The van der Waals surface area contributed by atoms with Gasteiger partial charge in [0.2, 0.25) is 17.8 Å². The Labute approximate surface area is 172 Å². The summed E-state index contributed by atoms with van der Waals surface area (Å²) in [6.45, 7) is 5.00. The highest BCUT2D eigenvalue weighted by molar-refractivity contribution is 5.69. The Bertz CT molecular complexity index is 864. The lowest BCUT2D eigenvalue weighted by Crippen LogP contribution is -2.40. The summed E-state index contributed by atoms with van der Waals surface area (Å²) in [5.74, 6) is 1.65. The molecule has 0 saturated carbocycles. The van der Waals surface area contributed by atoms with Crippen LogP contribution < -0.4 is 19.9 Å². The minimum Gasteiger partial charge on any atom is -0.496 e. The molecule has 2 aliphatic heterocycles. The molecule has 0 atom stereocenters. The summed E-state index contributed by atoms with van der Waals surface area (Å²) in [6, 6.07) is 4.57. The minimum absolute atomic E-state index is 0.129. The summed E-state index contributed by atoms with van der Waals surface area (Å²) in [7, 11) is 1.46. The van der Waals surface area contributed by atoms with E-state index in [0.717, 1.165) is 0 Å². The smallest absolute Gasteiger partial charge is 0.296 e. The fourth-order valence-electron chi connectivity index (χ4n) is 3.23. The first kappa shape index (κ1) is 20.0. The average Bonchev–Trinajstić information content (AvgIpc) is 2.80.